The Morgan fingerprint density at radius 3 is 2.53 bits per heavy atom. The smallest absolute Gasteiger partial charge is 0.221 e. The van der Waals surface area contributed by atoms with Crippen LogP contribution in [0.3, 0.4) is 0 Å². The zero-order chi connectivity index (χ0) is 12.3. The second-order valence-corrected chi connectivity index (χ2v) is 4.36. The average Bonchev–Trinajstić information content (AvgIpc) is 2.75. The van der Waals surface area contributed by atoms with Crippen LogP contribution >= 0.6 is 11.6 Å². The topological polar surface area (TPSA) is 64.9 Å². The van der Waals surface area contributed by atoms with Gasteiger partial charge in [0.1, 0.15) is 0 Å². The molecule has 2 N–H and O–H groups in total. The Hall–Kier alpha value is -1.39. The van der Waals surface area contributed by atoms with Crippen molar-refractivity contribution in [2.75, 3.05) is 6.54 Å². The molecule has 0 aliphatic carbocycles. The molecule has 1 heterocycles. The Balaban J connectivity index is 2.12. The SMILES string of the molecule is Cc1nnc(C(CN)Cc2ccc(Cl)cc2)o1. The fourth-order valence-corrected chi connectivity index (χ4v) is 1.78. The normalized spacial score (nSPS) is 12.6. The number of benzene rings is 1. The van der Waals surface area contributed by atoms with Crippen LogP contribution in [-0.2, 0) is 6.42 Å². The van der Waals surface area contributed by atoms with E-state index >= 15 is 0 Å². The molecule has 0 aliphatic heterocycles. The van der Waals surface area contributed by atoms with E-state index in [-0.39, 0.29) is 5.92 Å². The molecule has 0 bridgehead atoms. The van der Waals surface area contributed by atoms with Crippen molar-refractivity contribution in [1.29, 1.82) is 0 Å². The van der Waals surface area contributed by atoms with E-state index in [0.29, 0.717) is 18.3 Å². The average molecular weight is 252 g/mol. The first-order chi connectivity index (χ1) is 8.19. The lowest BCUT2D eigenvalue weighted by Crippen LogP contribution is -2.15. The molecule has 0 fully saturated rings. The third kappa shape index (κ3) is 3.05. The molecule has 2 rings (SSSR count). The van der Waals surface area contributed by atoms with Crippen LogP contribution in [0.2, 0.25) is 5.02 Å². The van der Waals surface area contributed by atoms with Gasteiger partial charge in [0.2, 0.25) is 11.8 Å². The number of hydrogen-bond donors (Lipinski definition) is 1. The maximum absolute atomic E-state index is 5.84. The van der Waals surface area contributed by atoms with Gasteiger partial charge in [0.15, 0.2) is 0 Å². The molecule has 2 aromatic rings. The highest BCUT2D eigenvalue weighted by atomic mass is 35.5. The maximum Gasteiger partial charge on any atom is 0.221 e. The predicted octanol–water partition coefficient (Wildman–Crippen LogP) is 2.32. The van der Waals surface area contributed by atoms with E-state index in [4.69, 9.17) is 21.8 Å². The van der Waals surface area contributed by atoms with Crippen LogP contribution in [0.1, 0.15) is 23.3 Å². The fraction of sp³-hybridized carbons (Fsp3) is 0.333. The lowest BCUT2D eigenvalue weighted by Gasteiger charge is -2.10. The van der Waals surface area contributed by atoms with Crippen molar-refractivity contribution in [3.8, 4) is 0 Å². The number of rotatable bonds is 4. The van der Waals surface area contributed by atoms with Gasteiger partial charge in [-0.15, -0.1) is 10.2 Å². The second-order valence-electron chi connectivity index (χ2n) is 3.92. The number of halogens is 1. The first-order valence-corrected chi connectivity index (χ1v) is 5.81. The molecule has 5 heteroatoms. The van der Waals surface area contributed by atoms with Gasteiger partial charge in [0.25, 0.3) is 0 Å². The molecule has 17 heavy (non-hydrogen) atoms. The molecule has 1 aromatic heterocycles. The van der Waals surface area contributed by atoms with E-state index in [1.807, 2.05) is 24.3 Å². The molecule has 1 aromatic carbocycles. The maximum atomic E-state index is 5.84. The summed E-state index contributed by atoms with van der Waals surface area (Å²) in [7, 11) is 0. The zero-order valence-electron chi connectivity index (χ0n) is 9.56. The number of nitrogens with zero attached hydrogens (tertiary/aromatic N) is 2. The minimum Gasteiger partial charge on any atom is -0.425 e. The van der Waals surface area contributed by atoms with Crippen LogP contribution in [0.5, 0.6) is 0 Å². The number of aromatic nitrogens is 2. The molecular weight excluding hydrogens is 238 g/mol. The van der Waals surface area contributed by atoms with Crippen LogP contribution in [0.4, 0.5) is 0 Å². The lowest BCUT2D eigenvalue weighted by molar-refractivity contribution is 0.427. The molecule has 0 radical (unpaired) electrons. The van der Waals surface area contributed by atoms with E-state index in [2.05, 4.69) is 10.2 Å². The van der Waals surface area contributed by atoms with Gasteiger partial charge in [0, 0.05) is 18.5 Å². The molecule has 90 valence electrons. The van der Waals surface area contributed by atoms with E-state index in [1.54, 1.807) is 6.92 Å². The van der Waals surface area contributed by atoms with Crippen molar-refractivity contribution in [2.45, 2.75) is 19.3 Å². The van der Waals surface area contributed by atoms with Gasteiger partial charge >= 0.3 is 0 Å². The summed E-state index contributed by atoms with van der Waals surface area (Å²) in [4.78, 5) is 0. The molecule has 1 unspecified atom stereocenters. The Morgan fingerprint density at radius 2 is 2.00 bits per heavy atom. The highest BCUT2D eigenvalue weighted by Crippen LogP contribution is 2.20. The molecule has 0 aliphatic rings. The monoisotopic (exact) mass is 251 g/mol. The Bertz CT molecular complexity index is 481. The third-order valence-electron chi connectivity index (χ3n) is 2.57. The summed E-state index contributed by atoms with van der Waals surface area (Å²) in [6.07, 6.45) is 0.773. The van der Waals surface area contributed by atoms with Crippen LogP contribution in [0, 0.1) is 6.92 Å². The van der Waals surface area contributed by atoms with Crippen molar-refractivity contribution >= 4 is 11.6 Å². The summed E-state index contributed by atoms with van der Waals surface area (Å²) >= 11 is 5.84. The Labute approximate surface area is 105 Å². The van der Waals surface area contributed by atoms with Gasteiger partial charge in [0.05, 0.1) is 5.92 Å². The van der Waals surface area contributed by atoms with E-state index < -0.39 is 0 Å². The molecule has 0 saturated carbocycles. The number of aryl methyl sites for hydroxylation is 1. The summed E-state index contributed by atoms with van der Waals surface area (Å²) in [6.45, 7) is 2.25. The Kier molecular flexibility index (Phi) is 3.76. The minimum absolute atomic E-state index is 0.0531. The summed E-state index contributed by atoms with van der Waals surface area (Å²) in [5.41, 5.74) is 6.89. The van der Waals surface area contributed by atoms with Crippen LogP contribution in [-0.4, -0.2) is 16.7 Å². The third-order valence-corrected chi connectivity index (χ3v) is 2.82. The number of nitrogens with two attached hydrogens (primary N) is 1. The van der Waals surface area contributed by atoms with Crippen molar-refractivity contribution in [3.05, 3.63) is 46.6 Å². The summed E-state index contributed by atoms with van der Waals surface area (Å²) < 4.78 is 5.40. The van der Waals surface area contributed by atoms with E-state index in [0.717, 1.165) is 17.0 Å². The van der Waals surface area contributed by atoms with Crippen molar-refractivity contribution in [2.24, 2.45) is 5.73 Å². The van der Waals surface area contributed by atoms with Crippen molar-refractivity contribution in [3.63, 3.8) is 0 Å². The second kappa shape index (κ2) is 5.29. The zero-order valence-corrected chi connectivity index (χ0v) is 10.3. The van der Waals surface area contributed by atoms with Crippen molar-refractivity contribution in [1.82, 2.24) is 10.2 Å². The van der Waals surface area contributed by atoms with Crippen LogP contribution in [0.25, 0.3) is 0 Å². The lowest BCUT2D eigenvalue weighted by atomic mass is 9.99. The molecular formula is C12H14ClN3O. The van der Waals surface area contributed by atoms with Gasteiger partial charge in [-0.05, 0) is 24.1 Å². The first-order valence-electron chi connectivity index (χ1n) is 5.43. The molecule has 0 spiro atoms. The van der Waals surface area contributed by atoms with Gasteiger partial charge in [-0.25, -0.2) is 0 Å². The quantitative estimate of drug-likeness (QED) is 0.906. The van der Waals surface area contributed by atoms with E-state index in [9.17, 15) is 0 Å². The fourth-order valence-electron chi connectivity index (χ4n) is 1.65. The number of hydrogen-bond acceptors (Lipinski definition) is 4. The molecule has 0 amide bonds. The van der Waals surface area contributed by atoms with Crippen LogP contribution < -0.4 is 5.73 Å². The van der Waals surface area contributed by atoms with Crippen LogP contribution in [0.15, 0.2) is 28.7 Å². The summed E-state index contributed by atoms with van der Waals surface area (Å²) in [5.74, 6) is 1.21. The highest BCUT2D eigenvalue weighted by molar-refractivity contribution is 6.30. The predicted molar refractivity (Wildman–Crippen MR) is 66.0 cm³/mol. The van der Waals surface area contributed by atoms with Crippen molar-refractivity contribution < 1.29 is 4.42 Å². The first kappa shape index (κ1) is 12.1. The molecule has 4 nitrogen and oxygen atoms in total. The summed E-state index contributed by atoms with van der Waals surface area (Å²) in [5, 5.41) is 8.55. The van der Waals surface area contributed by atoms with Gasteiger partial charge in [-0.1, -0.05) is 23.7 Å². The Morgan fingerprint density at radius 1 is 1.29 bits per heavy atom. The van der Waals surface area contributed by atoms with Gasteiger partial charge < -0.3 is 10.2 Å². The largest absolute Gasteiger partial charge is 0.425 e. The molecule has 0 saturated heterocycles. The minimum atomic E-state index is 0.0531. The van der Waals surface area contributed by atoms with E-state index in [1.165, 1.54) is 0 Å². The summed E-state index contributed by atoms with van der Waals surface area (Å²) in [6, 6.07) is 7.69. The van der Waals surface area contributed by atoms with Gasteiger partial charge in [-0.2, -0.15) is 0 Å². The van der Waals surface area contributed by atoms with Gasteiger partial charge in [-0.3, -0.25) is 0 Å². The highest BCUT2D eigenvalue weighted by Gasteiger charge is 2.16. The molecule has 1 atom stereocenters. The standard InChI is InChI=1S/C12H14ClN3O/c1-8-15-16-12(17-8)10(7-14)6-9-2-4-11(13)5-3-9/h2-5,10H,6-7,14H2,1H3.